The van der Waals surface area contributed by atoms with Crippen LogP contribution in [-0.4, -0.2) is 62.1 Å². The standard InChI is InChI=1S/C37H44N2O8/c1-6-17-45-32-15-13-26-20-28(32)29-22-27(14-16-33(29)46-18-7-2)34(39(4)37(43)47-23-25-11-9-8-10-12-25)31(40)19-24(3)35(41)38-30(21-26)36(42)44-5/h8-16,20,22,24,30,34H,6-7,17-19,21,23H2,1-5H3,(H,38,41)/t24-,30+,34+/m1/s1. The Morgan fingerprint density at radius 3 is 2.15 bits per heavy atom. The molecule has 1 aliphatic heterocycles. The maximum Gasteiger partial charge on any atom is 0.410 e. The molecule has 0 saturated carbocycles. The lowest BCUT2D eigenvalue weighted by Gasteiger charge is -2.29. The molecule has 0 radical (unpaired) electrons. The van der Waals surface area contributed by atoms with E-state index < -0.39 is 36.0 Å². The number of ketones is 1. The summed E-state index contributed by atoms with van der Waals surface area (Å²) in [6.45, 7) is 6.58. The largest absolute Gasteiger partial charge is 0.493 e. The number of fused-ring (bicyclic) bond motifs is 5. The second-order valence-electron chi connectivity index (χ2n) is 11.7. The zero-order chi connectivity index (χ0) is 33.9. The summed E-state index contributed by atoms with van der Waals surface area (Å²) in [6, 6.07) is 18.1. The van der Waals surface area contributed by atoms with E-state index in [1.807, 2.05) is 68.4 Å². The molecule has 1 N–H and O–H groups in total. The van der Waals surface area contributed by atoms with Crippen molar-refractivity contribution in [3.05, 3.63) is 83.4 Å². The van der Waals surface area contributed by atoms with Gasteiger partial charge >= 0.3 is 12.1 Å². The van der Waals surface area contributed by atoms with E-state index in [1.54, 1.807) is 19.1 Å². The van der Waals surface area contributed by atoms with E-state index in [0.29, 0.717) is 41.4 Å². The lowest BCUT2D eigenvalue weighted by Crippen LogP contribution is -2.46. The van der Waals surface area contributed by atoms with Crippen molar-refractivity contribution in [1.82, 2.24) is 10.2 Å². The molecular weight excluding hydrogens is 600 g/mol. The Morgan fingerprint density at radius 2 is 1.51 bits per heavy atom. The molecule has 0 aliphatic carbocycles. The molecule has 10 nitrogen and oxygen atoms in total. The number of hydrogen-bond donors (Lipinski definition) is 1. The number of nitrogens with one attached hydrogen (secondary N) is 1. The van der Waals surface area contributed by atoms with E-state index in [1.165, 1.54) is 19.1 Å². The third-order valence-electron chi connectivity index (χ3n) is 7.96. The number of likely N-dealkylation sites (N-methyl/N-ethyl adjacent to an activating group) is 1. The predicted octanol–water partition coefficient (Wildman–Crippen LogP) is 6.05. The molecule has 1 aliphatic rings. The van der Waals surface area contributed by atoms with Crippen molar-refractivity contribution in [3.63, 3.8) is 0 Å². The van der Waals surface area contributed by atoms with Gasteiger partial charge in [0, 0.05) is 36.9 Å². The number of carbonyl (C=O) groups excluding carboxylic acids is 4. The van der Waals surface area contributed by atoms with Crippen LogP contribution >= 0.6 is 0 Å². The van der Waals surface area contributed by atoms with Crippen LogP contribution in [0, 0.1) is 5.92 Å². The molecule has 4 rings (SSSR count). The van der Waals surface area contributed by atoms with E-state index in [0.717, 1.165) is 24.0 Å². The lowest BCUT2D eigenvalue weighted by atomic mass is 9.90. The van der Waals surface area contributed by atoms with Crippen LogP contribution in [0.2, 0.25) is 0 Å². The van der Waals surface area contributed by atoms with Gasteiger partial charge in [0.2, 0.25) is 5.91 Å². The molecule has 3 aromatic rings. The van der Waals surface area contributed by atoms with Crippen molar-refractivity contribution in [3.8, 4) is 22.6 Å². The molecule has 0 aromatic heterocycles. The molecule has 47 heavy (non-hydrogen) atoms. The van der Waals surface area contributed by atoms with Crippen LogP contribution in [0.15, 0.2) is 66.7 Å². The van der Waals surface area contributed by atoms with E-state index in [9.17, 15) is 19.2 Å². The monoisotopic (exact) mass is 644 g/mol. The zero-order valence-corrected chi connectivity index (χ0v) is 27.7. The lowest BCUT2D eigenvalue weighted by molar-refractivity contribution is -0.145. The van der Waals surface area contributed by atoms with Gasteiger partial charge < -0.3 is 24.3 Å². The Hall–Kier alpha value is -4.86. The smallest absolute Gasteiger partial charge is 0.410 e. The number of methoxy groups -OCH3 is 1. The van der Waals surface area contributed by atoms with Gasteiger partial charge in [-0.15, -0.1) is 0 Å². The first kappa shape index (κ1) is 35.0. The Balaban J connectivity index is 1.87. The molecule has 0 spiro atoms. The minimum atomic E-state index is -1.09. The number of amides is 2. The minimum Gasteiger partial charge on any atom is -0.493 e. The molecule has 0 fully saturated rings. The van der Waals surface area contributed by atoms with Crippen molar-refractivity contribution in [2.45, 2.75) is 65.1 Å². The summed E-state index contributed by atoms with van der Waals surface area (Å²) in [6.07, 6.45) is 0.819. The summed E-state index contributed by atoms with van der Waals surface area (Å²) in [7, 11) is 2.77. The van der Waals surface area contributed by atoms with Gasteiger partial charge in [-0.25, -0.2) is 9.59 Å². The van der Waals surface area contributed by atoms with Crippen LogP contribution in [0.1, 0.15) is 62.8 Å². The number of ether oxygens (including phenoxy) is 4. The summed E-state index contributed by atoms with van der Waals surface area (Å²) in [4.78, 5) is 54.9. The van der Waals surface area contributed by atoms with Crippen molar-refractivity contribution >= 4 is 23.8 Å². The number of benzene rings is 3. The van der Waals surface area contributed by atoms with Gasteiger partial charge in [-0.1, -0.05) is 63.2 Å². The van der Waals surface area contributed by atoms with Gasteiger partial charge in [0.25, 0.3) is 0 Å². The first-order chi connectivity index (χ1) is 22.7. The Bertz CT molecular complexity index is 1560. The number of rotatable bonds is 10. The molecule has 2 amide bonds. The SMILES string of the molecule is CCCOc1ccc2cc1-c1cc(ccc1OCCC)[C@H](N(C)C(=O)OCc1ccccc1)C(=O)C[C@@H](C)C(=O)N[C@H](C(=O)OC)C2. The Labute approximate surface area is 276 Å². The van der Waals surface area contributed by atoms with Gasteiger partial charge in [0.1, 0.15) is 30.2 Å². The summed E-state index contributed by atoms with van der Waals surface area (Å²) < 4.78 is 23.0. The fourth-order valence-corrected chi connectivity index (χ4v) is 5.46. The van der Waals surface area contributed by atoms with Crippen molar-refractivity contribution in [1.29, 1.82) is 0 Å². The minimum absolute atomic E-state index is 0.0264. The first-order valence-corrected chi connectivity index (χ1v) is 16.0. The van der Waals surface area contributed by atoms with Gasteiger partial charge in [-0.05, 0) is 53.8 Å². The quantitative estimate of drug-likeness (QED) is 0.265. The highest BCUT2D eigenvalue weighted by molar-refractivity contribution is 5.94. The van der Waals surface area contributed by atoms with E-state index in [4.69, 9.17) is 18.9 Å². The maximum absolute atomic E-state index is 14.1. The normalized spacial score (nSPS) is 17.9. The third kappa shape index (κ3) is 8.90. The van der Waals surface area contributed by atoms with E-state index in [-0.39, 0.29) is 25.2 Å². The molecule has 3 atom stereocenters. The van der Waals surface area contributed by atoms with Crippen molar-refractivity contribution in [2.75, 3.05) is 27.4 Å². The molecular formula is C37H44N2O8. The van der Waals surface area contributed by atoms with Crippen LogP contribution < -0.4 is 14.8 Å². The number of carbonyl (C=O) groups is 4. The van der Waals surface area contributed by atoms with Crippen LogP contribution in [0.3, 0.4) is 0 Å². The van der Waals surface area contributed by atoms with E-state index in [2.05, 4.69) is 5.32 Å². The highest BCUT2D eigenvalue weighted by atomic mass is 16.6. The number of Topliss-reactive ketones (excluding diaryl/α,β-unsaturated/α-hetero) is 1. The predicted molar refractivity (Wildman–Crippen MR) is 177 cm³/mol. The highest BCUT2D eigenvalue weighted by Crippen LogP contribution is 2.40. The topological polar surface area (TPSA) is 120 Å². The molecule has 4 bridgehead atoms. The van der Waals surface area contributed by atoms with Gasteiger partial charge in [-0.3, -0.25) is 14.5 Å². The fourth-order valence-electron chi connectivity index (χ4n) is 5.46. The maximum atomic E-state index is 14.1. The number of nitrogens with zero attached hydrogens (tertiary/aromatic N) is 1. The van der Waals surface area contributed by atoms with Crippen LogP contribution in [0.5, 0.6) is 11.5 Å². The first-order valence-electron chi connectivity index (χ1n) is 16.0. The van der Waals surface area contributed by atoms with Crippen LogP contribution in [-0.2, 0) is 36.9 Å². The number of hydrogen-bond acceptors (Lipinski definition) is 8. The fraction of sp³-hybridized carbons (Fsp3) is 0.405. The van der Waals surface area contributed by atoms with Crippen molar-refractivity contribution in [2.24, 2.45) is 5.92 Å². The van der Waals surface area contributed by atoms with Gasteiger partial charge in [-0.2, -0.15) is 0 Å². The Kier molecular flexibility index (Phi) is 12.4. The molecule has 250 valence electrons. The number of esters is 1. The van der Waals surface area contributed by atoms with Crippen molar-refractivity contribution < 1.29 is 38.1 Å². The highest BCUT2D eigenvalue weighted by Gasteiger charge is 2.34. The molecule has 3 aromatic carbocycles. The molecule has 0 saturated heterocycles. The molecule has 0 unspecified atom stereocenters. The Morgan fingerprint density at radius 1 is 0.872 bits per heavy atom. The van der Waals surface area contributed by atoms with Crippen LogP contribution in [0.4, 0.5) is 4.79 Å². The molecule has 10 heteroatoms. The average Bonchev–Trinajstić information content (AvgIpc) is 3.08. The van der Waals surface area contributed by atoms with E-state index >= 15 is 0 Å². The van der Waals surface area contributed by atoms with Crippen LogP contribution in [0.25, 0.3) is 11.1 Å². The summed E-state index contributed by atoms with van der Waals surface area (Å²) in [5.74, 6) is -1.10. The van der Waals surface area contributed by atoms with Gasteiger partial charge in [0.05, 0.1) is 20.3 Å². The summed E-state index contributed by atoms with van der Waals surface area (Å²) in [5.41, 5.74) is 3.43. The summed E-state index contributed by atoms with van der Waals surface area (Å²) >= 11 is 0. The second kappa shape index (κ2) is 16.6. The average molecular weight is 645 g/mol. The third-order valence-corrected chi connectivity index (χ3v) is 7.96. The second-order valence-corrected chi connectivity index (χ2v) is 11.7. The zero-order valence-electron chi connectivity index (χ0n) is 27.7. The summed E-state index contributed by atoms with van der Waals surface area (Å²) in [5, 5.41) is 2.77. The van der Waals surface area contributed by atoms with Gasteiger partial charge in [0.15, 0.2) is 5.78 Å². The molecule has 1 heterocycles.